The van der Waals surface area contributed by atoms with Crippen LogP contribution in [0.2, 0.25) is 5.02 Å². The number of aromatic nitrogens is 1. The molecule has 0 saturated carbocycles. The predicted molar refractivity (Wildman–Crippen MR) is 126 cm³/mol. The molecule has 1 aliphatic heterocycles. The van der Waals surface area contributed by atoms with Crippen LogP contribution in [-0.2, 0) is 25.7 Å². The lowest BCUT2D eigenvalue weighted by atomic mass is 10.1. The highest BCUT2D eigenvalue weighted by Crippen LogP contribution is 2.28. The van der Waals surface area contributed by atoms with Crippen LogP contribution in [0.25, 0.3) is 17.0 Å². The van der Waals surface area contributed by atoms with Crippen molar-refractivity contribution in [3.63, 3.8) is 0 Å². The van der Waals surface area contributed by atoms with Gasteiger partial charge in [-0.1, -0.05) is 35.9 Å². The molecule has 4 rings (SSSR count). The van der Waals surface area contributed by atoms with Crippen molar-refractivity contribution in [2.75, 3.05) is 12.0 Å². The Balaban J connectivity index is 1.79. The van der Waals surface area contributed by atoms with E-state index in [4.69, 9.17) is 28.6 Å². The van der Waals surface area contributed by atoms with Gasteiger partial charge >= 0.3 is 5.97 Å². The molecule has 1 fully saturated rings. The minimum absolute atomic E-state index is 0.00158. The quantitative estimate of drug-likeness (QED) is 0.274. The standard InChI is InChI=1S/C23H18ClN3O4S/c1-13-7-8-15(10-18(13)24)27-22(30)17(21(29)25-23(27)32)9-14-11-26(12-20(28)31-2)19-6-4-3-5-16(14)19/h3-11H,12H2,1-2H3,(H,25,29,32)/b17-9+. The van der Waals surface area contributed by atoms with Crippen molar-refractivity contribution in [3.8, 4) is 0 Å². The maximum atomic E-state index is 13.3. The number of amides is 2. The molecule has 0 bridgehead atoms. The van der Waals surface area contributed by atoms with Crippen LogP contribution in [0.3, 0.4) is 0 Å². The molecule has 0 atom stereocenters. The van der Waals surface area contributed by atoms with Crippen molar-refractivity contribution in [1.82, 2.24) is 9.88 Å². The molecule has 32 heavy (non-hydrogen) atoms. The number of thiocarbonyl (C=S) groups is 1. The molecule has 1 aromatic heterocycles. The van der Waals surface area contributed by atoms with Gasteiger partial charge in [-0.2, -0.15) is 0 Å². The van der Waals surface area contributed by atoms with E-state index in [1.807, 2.05) is 31.2 Å². The van der Waals surface area contributed by atoms with E-state index in [-0.39, 0.29) is 17.2 Å². The van der Waals surface area contributed by atoms with Crippen LogP contribution >= 0.6 is 23.8 Å². The van der Waals surface area contributed by atoms with Crippen LogP contribution in [0.5, 0.6) is 0 Å². The van der Waals surface area contributed by atoms with Gasteiger partial charge in [0.2, 0.25) is 0 Å². The Morgan fingerprint density at radius 2 is 1.97 bits per heavy atom. The maximum Gasteiger partial charge on any atom is 0.325 e. The van der Waals surface area contributed by atoms with Crippen LogP contribution in [0, 0.1) is 6.92 Å². The number of aryl methyl sites for hydroxylation is 1. The molecule has 0 unspecified atom stereocenters. The predicted octanol–water partition coefficient (Wildman–Crippen LogP) is 3.61. The van der Waals surface area contributed by atoms with E-state index in [1.165, 1.54) is 18.1 Å². The van der Waals surface area contributed by atoms with E-state index in [1.54, 1.807) is 29.0 Å². The van der Waals surface area contributed by atoms with Gasteiger partial charge in [0, 0.05) is 27.7 Å². The summed E-state index contributed by atoms with van der Waals surface area (Å²) >= 11 is 11.5. The van der Waals surface area contributed by atoms with Crippen LogP contribution in [0.1, 0.15) is 11.1 Å². The van der Waals surface area contributed by atoms with Crippen molar-refractivity contribution in [2.24, 2.45) is 0 Å². The highest BCUT2D eigenvalue weighted by atomic mass is 35.5. The van der Waals surface area contributed by atoms with E-state index in [0.29, 0.717) is 16.3 Å². The molecule has 1 N–H and O–H groups in total. The summed E-state index contributed by atoms with van der Waals surface area (Å²) in [6.07, 6.45) is 3.20. The van der Waals surface area contributed by atoms with Gasteiger partial charge in [-0.25, -0.2) is 0 Å². The Kier molecular flexibility index (Phi) is 5.82. The summed E-state index contributed by atoms with van der Waals surface area (Å²) in [5, 5.41) is 3.80. The molecule has 2 amide bonds. The second-order valence-corrected chi connectivity index (χ2v) is 7.99. The number of carbonyl (C=O) groups excluding carboxylic acids is 3. The molecule has 1 aliphatic rings. The van der Waals surface area contributed by atoms with Crippen molar-refractivity contribution in [2.45, 2.75) is 13.5 Å². The van der Waals surface area contributed by atoms with Crippen LogP contribution in [-0.4, -0.2) is 34.6 Å². The first-order chi connectivity index (χ1) is 15.3. The average molecular weight is 468 g/mol. The number of fused-ring (bicyclic) bond motifs is 1. The monoisotopic (exact) mass is 467 g/mol. The highest BCUT2D eigenvalue weighted by molar-refractivity contribution is 7.80. The van der Waals surface area contributed by atoms with Crippen LogP contribution < -0.4 is 10.2 Å². The molecule has 2 aromatic carbocycles. The van der Waals surface area contributed by atoms with Gasteiger partial charge in [-0.05, 0) is 49.0 Å². The summed E-state index contributed by atoms with van der Waals surface area (Å²) < 4.78 is 6.47. The molecule has 9 heteroatoms. The average Bonchev–Trinajstić information content (AvgIpc) is 3.10. The Morgan fingerprint density at radius 1 is 1.22 bits per heavy atom. The van der Waals surface area contributed by atoms with Gasteiger partial charge in [-0.15, -0.1) is 0 Å². The fourth-order valence-corrected chi connectivity index (χ4v) is 3.95. The zero-order valence-corrected chi connectivity index (χ0v) is 18.8. The molecule has 0 aliphatic carbocycles. The lowest BCUT2D eigenvalue weighted by Crippen LogP contribution is -2.54. The van der Waals surface area contributed by atoms with Crippen molar-refractivity contribution in [3.05, 3.63) is 70.4 Å². The summed E-state index contributed by atoms with van der Waals surface area (Å²) in [5.74, 6) is -1.58. The lowest BCUT2D eigenvalue weighted by molar-refractivity contribution is -0.141. The van der Waals surface area contributed by atoms with Gasteiger partial charge in [-0.3, -0.25) is 24.6 Å². The number of rotatable bonds is 4. The number of nitrogens with one attached hydrogen (secondary N) is 1. The third-order valence-corrected chi connectivity index (χ3v) is 5.85. The molecule has 2 heterocycles. The number of anilines is 1. The molecular weight excluding hydrogens is 450 g/mol. The van der Waals surface area contributed by atoms with Gasteiger partial charge in [0.1, 0.15) is 12.1 Å². The first-order valence-electron chi connectivity index (χ1n) is 9.62. The van der Waals surface area contributed by atoms with E-state index >= 15 is 0 Å². The number of ether oxygens (including phenoxy) is 1. The van der Waals surface area contributed by atoms with E-state index < -0.39 is 17.8 Å². The number of para-hydroxylation sites is 1. The van der Waals surface area contributed by atoms with Crippen molar-refractivity contribution in [1.29, 1.82) is 0 Å². The molecule has 162 valence electrons. The minimum Gasteiger partial charge on any atom is -0.468 e. The third-order valence-electron chi connectivity index (χ3n) is 5.16. The largest absolute Gasteiger partial charge is 0.468 e. The Morgan fingerprint density at radius 3 is 2.69 bits per heavy atom. The van der Waals surface area contributed by atoms with E-state index in [2.05, 4.69) is 5.32 Å². The summed E-state index contributed by atoms with van der Waals surface area (Å²) in [6.45, 7) is 1.85. The molecule has 0 spiro atoms. The number of carbonyl (C=O) groups is 3. The zero-order chi connectivity index (χ0) is 23.0. The molecule has 7 nitrogen and oxygen atoms in total. The second kappa shape index (κ2) is 8.57. The third kappa shape index (κ3) is 3.90. The Bertz CT molecular complexity index is 1330. The first kappa shape index (κ1) is 21.7. The zero-order valence-electron chi connectivity index (χ0n) is 17.2. The fraction of sp³-hybridized carbons (Fsp3) is 0.130. The van der Waals surface area contributed by atoms with Gasteiger partial charge in [0.15, 0.2) is 5.11 Å². The smallest absolute Gasteiger partial charge is 0.325 e. The summed E-state index contributed by atoms with van der Waals surface area (Å²) in [5.41, 5.74) is 2.60. The highest BCUT2D eigenvalue weighted by Gasteiger charge is 2.35. The number of benzene rings is 2. The second-order valence-electron chi connectivity index (χ2n) is 7.20. The van der Waals surface area contributed by atoms with Crippen molar-refractivity contribution >= 4 is 69.4 Å². The summed E-state index contributed by atoms with van der Waals surface area (Å²) in [7, 11) is 1.32. The Labute approximate surface area is 194 Å². The fourth-order valence-electron chi connectivity index (χ4n) is 3.49. The minimum atomic E-state index is -0.598. The molecule has 3 aromatic rings. The number of halogens is 1. The Hall–Kier alpha value is -3.49. The number of hydrogen-bond donors (Lipinski definition) is 1. The molecule has 0 radical (unpaired) electrons. The number of methoxy groups -OCH3 is 1. The number of nitrogens with zero attached hydrogens (tertiary/aromatic N) is 2. The lowest BCUT2D eigenvalue weighted by Gasteiger charge is -2.29. The maximum absolute atomic E-state index is 13.3. The van der Waals surface area contributed by atoms with Crippen molar-refractivity contribution < 1.29 is 19.1 Å². The van der Waals surface area contributed by atoms with Gasteiger partial charge in [0.25, 0.3) is 11.8 Å². The molecule has 1 saturated heterocycles. The van der Waals surface area contributed by atoms with Crippen LogP contribution in [0.15, 0.2) is 54.2 Å². The number of esters is 1. The van der Waals surface area contributed by atoms with E-state index in [9.17, 15) is 14.4 Å². The SMILES string of the molecule is COC(=O)Cn1cc(/C=C2\C(=O)NC(=S)N(c3ccc(C)c(Cl)c3)C2=O)c2ccccc21. The topological polar surface area (TPSA) is 80.6 Å². The summed E-state index contributed by atoms with van der Waals surface area (Å²) in [6, 6.07) is 12.5. The number of hydrogen-bond acceptors (Lipinski definition) is 5. The first-order valence-corrected chi connectivity index (χ1v) is 10.4. The van der Waals surface area contributed by atoms with Gasteiger partial charge < -0.3 is 9.30 Å². The van der Waals surface area contributed by atoms with Crippen LogP contribution in [0.4, 0.5) is 5.69 Å². The normalized spacial score (nSPS) is 15.4. The molecular formula is C23H18ClN3O4S. The summed E-state index contributed by atoms with van der Waals surface area (Å²) in [4.78, 5) is 39.0. The van der Waals surface area contributed by atoms with E-state index in [0.717, 1.165) is 16.5 Å². The van der Waals surface area contributed by atoms with Gasteiger partial charge in [0.05, 0.1) is 12.8 Å².